The number of benzene rings is 2. The first kappa shape index (κ1) is 11.8. The molecule has 3 nitrogen and oxygen atoms in total. The number of nitrogens with zero attached hydrogens (tertiary/aromatic N) is 1. The van der Waals surface area contributed by atoms with Crippen LogP contribution >= 0.6 is 0 Å². The maximum atomic E-state index is 11.3. The minimum absolute atomic E-state index is 0.355. The maximum absolute atomic E-state index is 11.3. The molecule has 0 aliphatic carbocycles. The van der Waals surface area contributed by atoms with E-state index in [-0.39, 0.29) is 0 Å². The van der Waals surface area contributed by atoms with Crippen LogP contribution in [0.4, 0.5) is 5.69 Å². The van der Waals surface area contributed by atoms with Gasteiger partial charge in [-0.2, -0.15) is 0 Å². The normalized spacial score (nSPS) is 13.4. The molecule has 3 heteroatoms. The molecule has 0 unspecified atom stereocenters. The van der Waals surface area contributed by atoms with Gasteiger partial charge in [-0.15, -0.1) is 0 Å². The highest BCUT2D eigenvalue weighted by molar-refractivity contribution is 5.96. The number of likely N-dealkylation sites (N-methyl/N-ethyl adjacent to an activating group) is 1. The summed E-state index contributed by atoms with van der Waals surface area (Å²) in [5.74, 6) is -0.881. The summed E-state index contributed by atoms with van der Waals surface area (Å²) in [6.07, 6.45) is 1.02. The van der Waals surface area contributed by atoms with Gasteiger partial charge in [-0.25, -0.2) is 4.79 Å². The SMILES string of the molecule is CN1CCc2cc(-c3ccccc3C(=O)O)ccc21. The third-order valence-corrected chi connectivity index (χ3v) is 3.68. The second-order valence-corrected chi connectivity index (χ2v) is 4.87. The van der Waals surface area contributed by atoms with Gasteiger partial charge >= 0.3 is 5.97 Å². The number of carbonyl (C=O) groups is 1. The summed E-state index contributed by atoms with van der Waals surface area (Å²) in [5.41, 5.74) is 4.66. The molecule has 0 radical (unpaired) electrons. The molecule has 3 rings (SSSR count). The molecule has 0 aromatic heterocycles. The van der Waals surface area contributed by atoms with Crippen LogP contribution in [0, 0.1) is 0 Å². The van der Waals surface area contributed by atoms with Crippen molar-refractivity contribution < 1.29 is 9.90 Å². The van der Waals surface area contributed by atoms with Crippen molar-refractivity contribution >= 4 is 11.7 Å². The van der Waals surface area contributed by atoms with Crippen LogP contribution in [-0.4, -0.2) is 24.7 Å². The van der Waals surface area contributed by atoms with Crippen LogP contribution in [0.3, 0.4) is 0 Å². The second kappa shape index (κ2) is 4.43. The summed E-state index contributed by atoms with van der Waals surface area (Å²) in [4.78, 5) is 13.5. The average Bonchev–Trinajstić information content (AvgIpc) is 2.80. The third-order valence-electron chi connectivity index (χ3n) is 3.68. The molecule has 2 aromatic carbocycles. The lowest BCUT2D eigenvalue weighted by molar-refractivity contribution is 0.0697. The molecule has 19 heavy (non-hydrogen) atoms. The highest BCUT2D eigenvalue weighted by atomic mass is 16.4. The van der Waals surface area contributed by atoms with Gasteiger partial charge in [0.15, 0.2) is 0 Å². The Morgan fingerprint density at radius 1 is 1.21 bits per heavy atom. The van der Waals surface area contributed by atoms with Crippen molar-refractivity contribution in [1.82, 2.24) is 0 Å². The summed E-state index contributed by atoms with van der Waals surface area (Å²) >= 11 is 0. The largest absolute Gasteiger partial charge is 0.478 e. The first-order chi connectivity index (χ1) is 9.16. The maximum Gasteiger partial charge on any atom is 0.336 e. The Kier molecular flexibility index (Phi) is 2.75. The Bertz CT molecular complexity index is 649. The summed E-state index contributed by atoms with van der Waals surface area (Å²) in [5, 5.41) is 9.25. The van der Waals surface area contributed by atoms with E-state index in [0.29, 0.717) is 5.56 Å². The Hall–Kier alpha value is -2.29. The number of carboxylic acids is 1. The van der Waals surface area contributed by atoms with E-state index >= 15 is 0 Å². The van der Waals surface area contributed by atoms with E-state index in [2.05, 4.69) is 24.1 Å². The average molecular weight is 253 g/mol. The first-order valence-electron chi connectivity index (χ1n) is 6.33. The molecule has 1 aliphatic heterocycles. The van der Waals surface area contributed by atoms with Crippen molar-refractivity contribution in [3.63, 3.8) is 0 Å². The Balaban J connectivity index is 2.11. The van der Waals surface area contributed by atoms with E-state index in [1.54, 1.807) is 12.1 Å². The van der Waals surface area contributed by atoms with Crippen LogP contribution < -0.4 is 4.90 Å². The molecule has 96 valence electrons. The number of hydrogen-bond acceptors (Lipinski definition) is 2. The number of rotatable bonds is 2. The van der Waals surface area contributed by atoms with E-state index in [9.17, 15) is 9.90 Å². The molecule has 2 aromatic rings. The Morgan fingerprint density at radius 3 is 2.79 bits per heavy atom. The molecule has 0 saturated carbocycles. The van der Waals surface area contributed by atoms with Crippen molar-refractivity contribution in [3.05, 3.63) is 53.6 Å². The number of hydrogen-bond donors (Lipinski definition) is 1. The fraction of sp³-hybridized carbons (Fsp3) is 0.188. The molecule has 0 amide bonds. The van der Waals surface area contributed by atoms with Gasteiger partial charge in [0, 0.05) is 19.3 Å². The van der Waals surface area contributed by atoms with Gasteiger partial charge in [0.25, 0.3) is 0 Å². The molecule has 1 aliphatic rings. The predicted molar refractivity (Wildman–Crippen MR) is 75.8 cm³/mol. The highest BCUT2D eigenvalue weighted by Crippen LogP contribution is 2.32. The van der Waals surface area contributed by atoms with E-state index in [1.807, 2.05) is 18.2 Å². The zero-order chi connectivity index (χ0) is 13.4. The van der Waals surface area contributed by atoms with E-state index in [1.165, 1.54) is 11.3 Å². The minimum atomic E-state index is -0.881. The number of aromatic carboxylic acids is 1. The van der Waals surface area contributed by atoms with Crippen LogP contribution in [0.25, 0.3) is 11.1 Å². The zero-order valence-corrected chi connectivity index (χ0v) is 10.8. The van der Waals surface area contributed by atoms with Crippen LogP contribution in [0.5, 0.6) is 0 Å². The van der Waals surface area contributed by atoms with Crippen LogP contribution in [0.15, 0.2) is 42.5 Å². The van der Waals surface area contributed by atoms with Crippen molar-refractivity contribution in [2.24, 2.45) is 0 Å². The van der Waals surface area contributed by atoms with Crippen LogP contribution in [0.1, 0.15) is 15.9 Å². The fourth-order valence-corrected chi connectivity index (χ4v) is 2.66. The van der Waals surface area contributed by atoms with Gasteiger partial charge < -0.3 is 10.0 Å². The molecule has 0 bridgehead atoms. The van der Waals surface area contributed by atoms with Crippen LogP contribution in [0.2, 0.25) is 0 Å². The lowest BCUT2D eigenvalue weighted by Crippen LogP contribution is -2.12. The minimum Gasteiger partial charge on any atom is -0.478 e. The Labute approximate surface area is 112 Å². The number of anilines is 1. The number of fused-ring (bicyclic) bond motifs is 1. The molecule has 0 spiro atoms. The van der Waals surface area contributed by atoms with Crippen molar-refractivity contribution in [2.45, 2.75) is 6.42 Å². The van der Waals surface area contributed by atoms with Gasteiger partial charge in [-0.1, -0.05) is 24.3 Å². The zero-order valence-electron chi connectivity index (χ0n) is 10.8. The Morgan fingerprint density at radius 2 is 2.00 bits per heavy atom. The van der Waals surface area contributed by atoms with Gasteiger partial charge in [-0.3, -0.25) is 0 Å². The lowest BCUT2D eigenvalue weighted by Gasteiger charge is -2.13. The molecule has 0 fully saturated rings. The quantitative estimate of drug-likeness (QED) is 0.894. The van der Waals surface area contributed by atoms with Crippen molar-refractivity contribution in [3.8, 4) is 11.1 Å². The second-order valence-electron chi connectivity index (χ2n) is 4.87. The van der Waals surface area contributed by atoms with Crippen LogP contribution in [-0.2, 0) is 6.42 Å². The monoisotopic (exact) mass is 253 g/mol. The predicted octanol–water partition coefficient (Wildman–Crippen LogP) is 3.04. The smallest absolute Gasteiger partial charge is 0.336 e. The molecular formula is C16H15NO2. The van der Waals surface area contributed by atoms with Crippen molar-refractivity contribution in [2.75, 3.05) is 18.5 Å². The summed E-state index contributed by atoms with van der Waals surface area (Å²) in [6.45, 7) is 1.03. The molecule has 1 N–H and O–H groups in total. The van der Waals surface area contributed by atoms with Gasteiger partial charge in [0.1, 0.15) is 0 Å². The fourth-order valence-electron chi connectivity index (χ4n) is 2.66. The highest BCUT2D eigenvalue weighted by Gasteiger charge is 2.17. The topological polar surface area (TPSA) is 40.5 Å². The van der Waals surface area contributed by atoms with Gasteiger partial charge in [0.2, 0.25) is 0 Å². The number of carboxylic acid groups (broad SMARTS) is 1. The third kappa shape index (κ3) is 1.97. The molecule has 0 atom stereocenters. The summed E-state index contributed by atoms with van der Waals surface area (Å²) in [6, 6.07) is 13.3. The van der Waals surface area contributed by atoms with Gasteiger partial charge in [-0.05, 0) is 41.3 Å². The van der Waals surface area contributed by atoms with E-state index < -0.39 is 5.97 Å². The summed E-state index contributed by atoms with van der Waals surface area (Å²) in [7, 11) is 2.08. The van der Waals surface area contributed by atoms with Crippen molar-refractivity contribution in [1.29, 1.82) is 0 Å². The summed E-state index contributed by atoms with van der Waals surface area (Å²) < 4.78 is 0. The van der Waals surface area contributed by atoms with E-state index in [0.717, 1.165) is 24.1 Å². The standard InChI is InChI=1S/C16H15NO2/c1-17-9-8-12-10-11(6-7-15(12)17)13-4-2-3-5-14(13)16(18)19/h2-7,10H,8-9H2,1H3,(H,18,19). The first-order valence-corrected chi connectivity index (χ1v) is 6.33. The van der Waals surface area contributed by atoms with E-state index in [4.69, 9.17) is 0 Å². The molecule has 0 saturated heterocycles. The lowest BCUT2D eigenvalue weighted by atomic mass is 9.97. The van der Waals surface area contributed by atoms with Gasteiger partial charge in [0.05, 0.1) is 5.56 Å². The molecule has 1 heterocycles. The molecular weight excluding hydrogens is 238 g/mol.